The molecule has 0 aliphatic heterocycles. The van der Waals surface area contributed by atoms with Gasteiger partial charge < -0.3 is 19.5 Å². The van der Waals surface area contributed by atoms with Crippen molar-refractivity contribution >= 4 is 13.5 Å². The number of methoxy groups -OCH3 is 3. The number of ether oxygens (including phenoxy) is 3. The first-order valence-electron chi connectivity index (χ1n) is 8.76. The van der Waals surface area contributed by atoms with Gasteiger partial charge in [-0.15, -0.1) is 0 Å². The van der Waals surface area contributed by atoms with Gasteiger partial charge in [0.2, 0.25) is 5.75 Å². The summed E-state index contributed by atoms with van der Waals surface area (Å²) in [4.78, 5) is 32.6. The average molecular weight is 408 g/mol. The van der Waals surface area contributed by atoms with E-state index >= 15 is 0 Å². The highest BCUT2D eigenvalue weighted by molar-refractivity contribution is 7.64. The van der Waals surface area contributed by atoms with Crippen molar-refractivity contribution in [3.05, 3.63) is 53.6 Å². The van der Waals surface area contributed by atoms with Gasteiger partial charge in [0.05, 0.1) is 27.9 Å². The van der Waals surface area contributed by atoms with E-state index in [0.29, 0.717) is 23.8 Å². The van der Waals surface area contributed by atoms with Crippen LogP contribution in [0.5, 0.6) is 17.2 Å². The molecule has 0 aliphatic rings. The predicted molar refractivity (Wildman–Crippen MR) is 109 cm³/mol. The fourth-order valence-electron chi connectivity index (χ4n) is 2.85. The lowest BCUT2D eigenvalue weighted by atomic mass is 10.1. The molecule has 0 unspecified atom stereocenters. The highest BCUT2D eigenvalue weighted by Crippen LogP contribution is 2.52. The summed E-state index contributed by atoms with van der Waals surface area (Å²) < 4.78 is 15.9. The van der Waals surface area contributed by atoms with Crippen LogP contribution in [0.1, 0.15) is 11.1 Å². The maximum absolute atomic E-state index is 12.2. The Morgan fingerprint density at radius 3 is 2.11 bits per heavy atom. The Kier molecular flexibility index (Phi) is 8.20. The second kappa shape index (κ2) is 10.4. The molecule has 0 heterocycles. The molecule has 0 aliphatic carbocycles. The molecule has 0 amide bonds. The fraction of sp³-hybridized carbons (Fsp3) is 0.350. The van der Waals surface area contributed by atoms with Crippen molar-refractivity contribution in [3.8, 4) is 17.2 Å². The number of rotatable bonds is 11. The molecule has 0 aromatic heterocycles. The zero-order valence-corrected chi connectivity index (χ0v) is 17.2. The monoisotopic (exact) mass is 408 g/mol. The standard InChI is InChI=1S/C20H27NO6P/c1-25-18-9-16(10-19(26-2)20(18)27-3)11-21-12-17(22)14-28(23,24)13-15-7-5-4-6-8-15/h4-10,21,23-24H,11-14H2,1-3H3/q+1. The van der Waals surface area contributed by atoms with Crippen LogP contribution >= 0.6 is 7.72 Å². The van der Waals surface area contributed by atoms with Crippen molar-refractivity contribution in [2.24, 2.45) is 0 Å². The SMILES string of the molecule is COc1cc(CNCC(=O)C[P+](O)(O)Cc2ccccc2)cc(OC)c1OC. The molecule has 2 aromatic rings. The highest BCUT2D eigenvalue weighted by Gasteiger charge is 2.36. The normalized spacial score (nSPS) is 11.2. The van der Waals surface area contributed by atoms with E-state index in [0.717, 1.165) is 11.1 Å². The Bertz CT molecular complexity index is 757. The zero-order valence-electron chi connectivity index (χ0n) is 16.3. The number of carbonyl (C=O) groups is 1. The average Bonchev–Trinajstić information content (AvgIpc) is 2.67. The van der Waals surface area contributed by atoms with Crippen LogP contribution in [-0.2, 0) is 17.5 Å². The summed E-state index contributed by atoms with van der Waals surface area (Å²) in [5.41, 5.74) is 1.65. The van der Waals surface area contributed by atoms with E-state index in [4.69, 9.17) is 14.2 Å². The smallest absolute Gasteiger partial charge is 0.279 e. The molecule has 0 saturated carbocycles. The van der Waals surface area contributed by atoms with Crippen LogP contribution in [0, 0.1) is 0 Å². The minimum atomic E-state index is -3.31. The lowest BCUT2D eigenvalue weighted by molar-refractivity contribution is -0.116. The number of benzene rings is 2. The molecule has 8 heteroatoms. The van der Waals surface area contributed by atoms with E-state index in [1.54, 1.807) is 12.1 Å². The minimum Gasteiger partial charge on any atom is -0.493 e. The lowest BCUT2D eigenvalue weighted by Gasteiger charge is -2.15. The molecule has 2 rings (SSSR count). The molecule has 7 nitrogen and oxygen atoms in total. The van der Waals surface area contributed by atoms with Crippen LogP contribution in [-0.4, -0.2) is 49.6 Å². The summed E-state index contributed by atoms with van der Waals surface area (Å²) in [6.45, 7) is 0.428. The molecule has 28 heavy (non-hydrogen) atoms. The van der Waals surface area contributed by atoms with E-state index in [1.165, 1.54) is 21.3 Å². The Labute approximate surface area is 165 Å². The molecule has 0 saturated heterocycles. The third-order valence-electron chi connectivity index (χ3n) is 4.08. The number of nitrogens with one attached hydrogen (secondary N) is 1. The van der Waals surface area contributed by atoms with E-state index in [9.17, 15) is 14.6 Å². The minimum absolute atomic E-state index is 0.0360. The Hall–Kier alpha value is -2.18. The quantitative estimate of drug-likeness (QED) is 0.491. The fourth-order valence-corrected chi connectivity index (χ4v) is 4.44. The van der Waals surface area contributed by atoms with Gasteiger partial charge in [0.25, 0.3) is 7.72 Å². The van der Waals surface area contributed by atoms with Gasteiger partial charge in [-0.2, -0.15) is 0 Å². The van der Waals surface area contributed by atoms with E-state index in [-0.39, 0.29) is 24.7 Å². The Balaban J connectivity index is 1.89. The molecular formula is C20H27NO6P+. The number of Topliss-reactive ketones (excluding diaryl/α,β-unsaturated/α-hetero) is 1. The van der Waals surface area contributed by atoms with Gasteiger partial charge in [0.1, 0.15) is 6.16 Å². The van der Waals surface area contributed by atoms with E-state index < -0.39 is 7.72 Å². The zero-order chi connectivity index (χ0) is 20.6. The third kappa shape index (κ3) is 6.46. The van der Waals surface area contributed by atoms with Crippen LogP contribution in [0.15, 0.2) is 42.5 Å². The van der Waals surface area contributed by atoms with Gasteiger partial charge in [-0.3, -0.25) is 4.79 Å². The first kappa shape index (κ1) is 22.1. The summed E-state index contributed by atoms with van der Waals surface area (Å²) >= 11 is 0. The molecule has 152 valence electrons. The van der Waals surface area contributed by atoms with Gasteiger partial charge in [-0.05, 0) is 23.3 Å². The molecule has 0 atom stereocenters. The van der Waals surface area contributed by atoms with Gasteiger partial charge in [-0.25, -0.2) is 9.79 Å². The molecule has 0 spiro atoms. The second-order valence-corrected chi connectivity index (χ2v) is 8.75. The number of carbonyl (C=O) groups excluding carboxylic acids is 1. The van der Waals surface area contributed by atoms with Crippen molar-refractivity contribution in [3.63, 3.8) is 0 Å². The van der Waals surface area contributed by atoms with E-state index in [2.05, 4.69) is 5.32 Å². The molecule has 0 fully saturated rings. The van der Waals surface area contributed by atoms with Gasteiger partial charge >= 0.3 is 0 Å². The van der Waals surface area contributed by atoms with Crippen LogP contribution in [0.2, 0.25) is 0 Å². The van der Waals surface area contributed by atoms with Crippen molar-refractivity contribution < 1.29 is 28.8 Å². The van der Waals surface area contributed by atoms with Gasteiger partial charge in [0, 0.05) is 6.54 Å². The van der Waals surface area contributed by atoms with Crippen molar-refractivity contribution in [1.82, 2.24) is 5.32 Å². The molecule has 2 aromatic carbocycles. The van der Waals surface area contributed by atoms with Gasteiger partial charge in [-0.1, -0.05) is 30.3 Å². The maximum Gasteiger partial charge on any atom is 0.279 e. The van der Waals surface area contributed by atoms with Crippen LogP contribution in [0.3, 0.4) is 0 Å². The number of hydrogen-bond acceptors (Lipinski definition) is 7. The van der Waals surface area contributed by atoms with Crippen LogP contribution in [0.4, 0.5) is 0 Å². The van der Waals surface area contributed by atoms with Gasteiger partial charge in [0.15, 0.2) is 23.4 Å². The first-order valence-corrected chi connectivity index (χ1v) is 10.8. The molecule has 0 radical (unpaired) electrons. The highest BCUT2D eigenvalue weighted by atomic mass is 31.2. The summed E-state index contributed by atoms with van der Waals surface area (Å²) in [6, 6.07) is 12.7. The topological polar surface area (TPSA) is 97.3 Å². The Morgan fingerprint density at radius 2 is 1.57 bits per heavy atom. The summed E-state index contributed by atoms with van der Waals surface area (Å²) in [5.74, 6) is 1.31. The number of ketones is 1. The van der Waals surface area contributed by atoms with Crippen molar-refractivity contribution in [2.45, 2.75) is 12.7 Å². The maximum atomic E-state index is 12.2. The largest absolute Gasteiger partial charge is 0.493 e. The molecular weight excluding hydrogens is 381 g/mol. The number of hydrogen-bond donors (Lipinski definition) is 3. The summed E-state index contributed by atoms with van der Waals surface area (Å²) in [6.07, 6.45) is -0.142. The molecule has 3 N–H and O–H groups in total. The van der Waals surface area contributed by atoms with Crippen LogP contribution < -0.4 is 19.5 Å². The van der Waals surface area contributed by atoms with Crippen LogP contribution in [0.25, 0.3) is 0 Å². The Morgan fingerprint density at radius 1 is 0.964 bits per heavy atom. The van der Waals surface area contributed by atoms with E-state index in [1.807, 2.05) is 30.3 Å². The molecule has 0 bridgehead atoms. The van der Waals surface area contributed by atoms with Crippen molar-refractivity contribution in [2.75, 3.05) is 34.0 Å². The predicted octanol–water partition coefficient (Wildman–Crippen LogP) is 2.40. The van der Waals surface area contributed by atoms with Crippen molar-refractivity contribution in [1.29, 1.82) is 0 Å². The summed E-state index contributed by atoms with van der Waals surface area (Å²) in [7, 11) is 1.29. The summed E-state index contributed by atoms with van der Waals surface area (Å²) in [5, 5.41) is 3.02. The second-order valence-electron chi connectivity index (χ2n) is 6.36. The third-order valence-corrected chi connectivity index (χ3v) is 5.81. The lowest BCUT2D eigenvalue weighted by Crippen LogP contribution is -2.26. The first-order chi connectivity index (χ1) is 13.4.